The summed E-state index contributed by atoms with van der Waals surface area (Å²) in [7, 11) is 0. The monoisotopic (exact) mass is 268 g/mol. The summed E-state index contributed by atoms with van der Waals surface area (Å²) < 4.78 is 38.3. The first-order valence-corrected chi connectivity index (χ1v) is 6.13. The van der Waals surface area contributed by atoms with Crippen LogP contribution in [0.2, 0.25) is 0 Å². The van der Waals surface area contributed by atoms with Gasteiger partial charge in [-0.05, 0) is 48.4 Å². The van der Waals surface area contributed by atoms with Crippen molar-refractivity contribution in [3.63, 3.8) is 0 Å². The van der Waals surface area contributed by atoms with Crippen LogP contribution >= 0.6 is 11.3 Å². The highest BCUT2D eigenvalue weighted by Crippen LogP contribution is 2.35. The summed E-state index contributed by atoms with van der Waals surface area (Å²) in [5, 5.41) is 0. The molecule has 0 N–H and O–H groups in total. The summed E-state index contributed by atoms with van der Waals surface area (Å²) in [6.07, 6.45) is -2.90. The van der Waals surface area contributed by atoms with Crippen molar-refractivity contribution < 1.29 is 13.2 Å². The number of alkyl halides is 3. The molecule has 94 valence electrons. The third-order valence-corrected chi connectivity index (χ3v) is 3.59. The summed E-state index contributed by atoms with van der Waals surface area (Å²) in [5.74, 6) is 0. The highest BCUT2D eigenvalue weighted by Gasteiger charge is 2.31. The van der Waals surface area contributed by atoms with Crippen LogP contribution in [0.3, 0.4) is 0 Å². The van der Waals surface area contributed by atoms with Gasteiger partial charge in [-0.25, -0.2) is 0 Å². The van der Waals surface area contributed by atoms with E-state index in [0.29, 0.717) is 11.1 Å². The van der Waals surface area contributed by atoms with Gasteiger partial charge in [0.2, 0.25) is 0 Å². The van der Waals surface area contributed by atoms with E-state index in [1.165, 1.54) is 23.5 Å². The second-order valence-corrected chi connectivity index (χ2v) is 5.24. The molecule has 0 bridgehead atoms. The van der Waals surface area contributed by atoms with Crippen molar-refractivity contribution in [3.8, 4) is 10.4 Å². The molecule has 0 atom stereocenters. The van der Waals surface area contributed by atoms with Gasteiger partial charge >= 0.3 is 6.18 Å². The quantitative estimate of drug-likeness (QED) is 0.685. The molecule has 0 aliphatic rings. The van der Waals surface area contributed by atoms with Gasteiger partial charge in [-0.1, -0.05) is 12.7 Å². The van der Waals surface area contributed by atoms with E-state index in [2.05, 4.69) is 6.58 Å². The molecular weight excluding hydrogens is 257 g/mol. The van der Waals surface area contributed by atoms with Gasteiger partial charge in [-0.2, -0.15) is 13.2 Å². The van der Waals surface area contributed by atoms with Crippen molar-refractivity contribution in [2.45, 2.75) is 13.1 Å². The van der Waals surface area contributed by atoms with E-state index in [0.717, 1.165) is 15.8 Å². The summed E-state index contributed by atoms with van der Waals surface area (Å²) in [4.78, 5) is 1.91. The lowest BCUT2D eigenvalue weighted by Crippen LogP contribution is -2.05. The minimum absolute atomic E-state index is 0.478. The molecule has 0 nitrogen and oxygen atoms in total. The summed E-state index contributed by atoms with van der Waals surface area (Å²) in [6.45, 7) is 5.46. The number of hydrogen-bond donors (Lipinski definition) is 0. The Morgan fingerprint density at radius 3 is 2.39 bits per heavy atom. The van der Waals surface area contributed by atoms with Crippen LogP contribution in [0, 0.1) is 6.92 Å². The van der Waals surface area contributed by atoms with Crippen molar-refractivity contribution in [1.82, 2.24) is 0 Å². The normalized spacial score (nSPS) is 11.6. The first-order chi connectivity index (χ1) is 8.40. The average Bonchev–Trinajstić information content (AvgIpc) is 2.74. The molecule has 0 saturated heterocycles. The predicted octanol–water partition coefficient (Wildman–Crippen LogP) is 5.39. The number of hydrogen-bond acceptors (Lipinski definition) is 1. The largest absolute Gasteiger partial charge is 0.416 e. The summed E-state index contributed by atoms with van der Waals surface area (Å²) in [5.41, 5.74) is 0.421. The highest BCUT2D eigenvalue weighted by molar-refractivity contribution is 7.15. The molecule has 2 aromatic rings. The van der Waals surface area contributed by atoms with Gasteiger partial charge in [0.25, 0.3) is 0 Å². The van der Waals surface area contributed by atoms with E-state index < -0.39 is 11.7 Å². The van der Waals surface area contributed by atoms with Crippen molar-refractivity contribution in [1.29, 1.82) is 0 Å². The van der Waals surface area contributed by atoms with E-state index in [-0.39, 0.29) is 0 Å². The Morgan fingerprint density at radius 2 is 1.89 bits per heavy atom. The van der Waals surface area contributed by atoms with Crippen molar-refractivity contribution >= 4 is 17.4 Å². The molecule has 1 aromatic heterocycles. The number of benzene rings is 1. The fourth-order valence-electron chi connectivity index (χ4n) is 1.67. The van der Waals surface area contributed by atoms with E-state index in [1.54, 1.807) is 6.07 Å². The zero-order valence-corrected chi connectivity index (χ0v) is 10.5. The van der Waals surface area contributed by atoms with Crippen LogP contribution in [0.4, 0.5) is 13.2 Å². The van der Waals surface area contributed by atoms with Crippen molar-refractivity contribution in [2.24, 2.45) is 0 Å². The molecule has 0 unspecified atom stereocenters. The minimum atomic E-state index is -4.33. The van der Waals surface area contributed by atoms with Gasteiger partial charge in [0.1, 0.15) is 0 Å². The molecule has 0 fully saturated rings. The summed E-state index contributed by atoms with van der Waals surface area (Å²) >= 11 is 1.48. The lowest BCUT2D eigenvalue weighted by molar-refractivity contribution is -0.137. The zero-order valence-electron chi connectivity index (χ0n) is 9.71. The zero-order chi connectivity index (χ0) is 13.3. The number of aryl methyl sites for hydroxylation is 1. The standard InChI is InChI=1S/C14H11F3S/c1-3-10-6-11(13-5-4-9(2)18-13)8-12(7-10)14(15,16)17/h3-8H,1H2,2H3. The number of rotatable bonds is 2. The van der Waals surface area contributed by atoms with Crippen molar-refractivity contribution in [3.05, 3.63) is 52.9 Å². The fraction of sp³-hybridized carbons (Fsp3) is 0.143. The van der Waals surface area contributed by atoms with Gasteiger partial charge in [-0.15, -0.1) is 11.3 Å². The van der Waals surface area contributed by atoms with Gasteiger partial charge in [0.05, 0.1) is 5.56 Å². The van der Waals surface area contributed by atoms with Gasteiger partial charge in [-0.3, -0.25) is 0 Å². The van der Waals surface area contributed by atoms with E-state index >= 15 is 0 Å². The molecule has 0 aliphatic heterocycles. The minimum Gasteiger partial charge on any atom is -0.166 e. The Balaban J connectivity index is 2.57. The maximum atomic E-state index is 12.8. The Morgan fingerprint density at radius 1 is 1.17 bits per heavy atom. The van der Waals surface area contributed by atoms with E-state index in [9.17, 15) is 13.2 Å². The lowest BCUT2D eigenvalue weighted by atomic mass is 10.0. The van der Waals surface area contributed by atoms with Crippen LogP contribution in [0.25, 0.3) is 16.5 Å². The van der Waals surface area contributed by atoms with E-state index in [1.807, 2.05) is 19.1 Å². The van der Waals surface area contributed by atoms with Crippen LogP contribution in [0.1, 0.15) is 16.0 Å². The molecule has 0 aliphatic carbocycles. The highest BCUT2D eigenvalue weighted by atomic mass is 32.1. The SMILES string of the molecule is C=Cc1cc(-c2ccc(C)s2)cc(C(F)(F)F)c1. The fourth-order valence-corrected chi connectivity index (χ4v) is 2.52. The Kier molecular flexibility index (Phi) is 3.30. The average molecular weight is 268 g/mol. The molecule has 1 heterocycles. The van der Waals surface area contributed by atoms with Crippen LogP contribution in [-0.4, -0.2) is 0 Å². The third kappa shape index (κ3) is 2.64. The first-order valence-electron chi connectivity index (χ1n) is 5.31. The molecule has 4 heteroatoms. The Labute approximate surface area is 107 Å². The van der Waals surface area contributed by atoms with Crippen LogP contribution < -0.4 is 0 Å². The van der Waals surface area contributed by atoms with Gasteiger partial charge < -0.3 is 0 Å². The van der Waals surface area contributed by atoms with Gasteiger partial charge in [0.15, 0.2) is 0 Å². The number of halogens is 3. The van der Waals surface area contributed by atoms with Crippen LogP contribution in [0.5, 0.6) is 0 Å². The van der Waals surface area contributed by atoms with Gasteiger partial charge in [0, 0.05) is 9.75 Å². The van der Waals surface area contributed by atoms with Crippen LogP contribution in [-0.2, 0) is 6.18 Å². The second kappa shape index (κ2) is 4.61. The molecular formula is C14H11F3S. The molecule has 2 rings (SSSR count). The maximum Gasteiger partial charge on any atom is 0.416 e. The Bertz CT molecular complexity index is 579. The Hall–Kier alpha value is -1.55. The van der Waals surface area contributed by atoms with E-state index in [4.69, 9.17) is 0 Å². The first kappa shape index (κ1) is 12.9. The lowest BCUT2D eigenvalue weighted by Gasteiger charge is -2.10. The second-order valence-electron chi connectivity index (χ2n) is 3.96. The third-order valence-electron chi connectivity index (χ3n) is 2.54. The number of thiophene rings is 1. The molecule has 0 saturated carbocycles. The smallest absolute Gasteiger partial charge is 0.166 e. The topological polar surface area (TPSA) is 0 Å². The van der Waals surface area contributed by atoms with Crippen LogP contribution in [0.15, 0.2) is 36.9 Å². The maximum absolute atomic E-state index is 12.8. The molecule has 0 spiro atoms. The predicted molar refractivity (Wildman–Crippen MR) is 69.6 cm³/mol. The molecule has 0 amide bonds. The molecule has 1 aromatic carbocycles. The molecule has 18 heavy (non-hydrogen) atoms. The summed E-state index contributed by atoms with van der Waals surface area (Å²) in [6, 6.07) is 7.74. The molecule has 0 radical (unpaired) electrons. The van der Waals surface area contributed by atoms with Crippen molar-refractivity contribution in [2.75, 3.05) is 0 Å².